The Labute approximate surface area is 73.3 Å². The predicted molar refractivity (Wildman–Crippen MR) is 37.9 cm³/mol. The van der Waals surface area contributed by atoms with Gasteiger partial charge >= 0.3 is 6.30 Å². The molecule has 1 aliphatic heterocycles. The highest BCUT2D eigenvalue weighted by Crippen LogP contribution is 2.21. The first-order valence-corrected chi connectivity index (χ1v) is 3.10. The molecule has 0 bridgehead atoms. The lowest BCUT2D eigenvalue weighted by atomic mass is 10.4. The summed E-state index contributed by atoms with van der Waals surface area (Å²) in [5.74, 6) is -0.913. The molecule has 7 heteroatoms. The number of piperazine rings is 1. The Morgan fingerprint density at radius 2 is 2.00 bits per heavy atom. The van der Waals surface area contributed by atoms with Gasteiger partial charge in [-0.25, -0.2) is 0 Å². The number of carbonyl (C=O) groups excluding carboxylic acids is 1. The minimum Gasteiger partial charge on any atom is -0.307 e. The van der Waals surface area contributed by atoms with Crippen LogP contribution >= 0.6 is 12.4 Å². The Morgan fingerprint density at radius 3 is 2.33 bits per heavy atom. The fourth-order valence-corrected chi connectivity index (χ4v) is 0.874. The summed E-state index contributed by atoms with van der Waals surface area (Å²) in [4.78, 5) is 10.5. The molecule has 0 saturated carbocycles. The summed E-state index contributed by atoms with van der Waals surface area (Å²) in [6, 6.07) is 0. The first-order valence-electron chi connectivity index (χ1n) is 3.10. The summed E-state index contributed by atoms with van der Waals surface area (Å²) in [5.41, 5.74) is 0. The third kappa shape index (κ3) is 2.53. The van der Waals surface area contributed by atoms with Crippen molar-refractivity contribution in [3.8, 4) is 0 Å². The van der Waals surface area contributed by atoms with Gasteiger partial charge in [0, 0.05) is 13.1 Å². The van der Waals surface area contributed by atoms with Gasteiger partial charge in [-0.1, -0.05) is 0 Å². The molecule has 0 aromatic heterocycles. The standard InChI is InChI=1S/C5H7F3N2O.ClH/c6-5(7,8)10-2-1-9-3-4(10)11;/h9H,1-3H2;1H. The van der Waals surface area contributed by atoms with E-state index in [9.17, 15) is 18.0 Å². The quantitative estimate of drug-likeness (QED) is 0.578. The first-order chi connectivity index (χ1) is 5.02. The van der Waals surface area contributed by atoms with E-state index >= 15 is 0 Å². The molecule has 1 fully saturated rings. The van der Waals surface area contributed by atoms with Crippen LogP contribution in [0.25, 0.3) is 0 Å². The van der Waals surface area contributed by atoms with Crippen LogP contribution in [0.4, 0.5) is 13.2 Å². The van der Waals surface area contributed by atoms with Crippen LogP contribution in [0.2, 0.25) is 0 Å². The zero-order chi connectivity index (χ0) is 8.48. The van der Waals surface area contributed by atoms with E-state index in [0.717, 1.165) is 0 Å². The predicted octanol–water partition coefficient (Wildman–Crippen LogP) is 0.360. The largest absolute Gasteiger partial charge is 0.487 e. The summed E-state index contributed by atoms with van der Waals surface area (Å²) in [6.07, 6.45) is -4.51. The normalized spacial score (nSPS) is 18.9. The average molecular weight is 205 g/mol. The Hall–Kier alpha value is -0.490. The Bertz CT molecular complexity index is 173. The number of alkyl halides is 3. The molecule has 0 aromatic carbocycles. The summed E-state index contributed by atoms with van der Waals surface area (Å²) in [7, 11) is 0. The van der Waals surface area contributed by atoms with Crippen LogP contribution in [0.3, 0.4) is 0 Å². The highest BCUT2D eigenvalue weighted by atomic mass is 35.5. The SMILES string of the molecule is Cl.O=C1CNCCN1C(F)(F)F. The minimum absolute atomic E-state index is 0. The number of hydrogen-bond acceptors (Lipinski definition) is 2. The number of nitrogens with one attached hydrogen (secondary N) is 1. The van der Waals surface area contributed by atoms with E-state index in [1.54, 1.807) is 0 Å². The smallest absolute Gasteiger partial charge is 0.307 e. The molecule has 0 aliphatic carbocycles. The number of carbonyl (C=O) groups is 1. The van der Waals surface area contributed by atoms with Gasteiger partial charge in [-0.05, 0) is 0 Å². The fraction of sp³-hybridized carbons (Fsp3) is 0.800. The van der Waals surface area contributed by atoms with Crippen molar-refractivity contribution in [3.05, 3.63) is 0 Å². The molecule has 0 unspecified atom stereocenters. The molecule has 1 N–H and O–H groups in total. The Morgan fingerprint density at radius 1 is 1.42 bits per heavy atom. The van der Waals surface area contributed by atoms with Crippen molar-refractivity contribution in [2.75, 3.05) is 19.6 Å². The second-order valence-corrected chi connectivity index (χ2v) is 2.19. The van der Waals surface area contributed by atoms with Crippen LogP contribution in [-0.2, 0) is 4.79 Å². The van der Waals surface area contributed by atoms with E-state index < -0.39 is 12.2 Å². The van der Waals surface area contributed by atoms with Crippen molar-refractivity contribution in [1.29, 1.82) is 0 Å². The molecule has 1 aliphatic rings. The van der Waals surface area contributed by atoms with Crippen LogP contribution < -0.4 is 5.32 Å². The molecule has 1 rings (SSSR count). The average Bonchev–Trinajstić information content (AvgIpc) is 1.86. The van der Waals surface area contributed by atoms with E-state index in [-0.39, 0.29) is 36.9 Å². The zero-order valence-corrected chi connectivity index (χ0v) is 6.84. The van der Waals surface area contributed by atoms with Gasteiger partial charge in [0.1, 0.15) is 0 Å². The molecular weight excluding hydrogens is 197 g/mol. The number of hydrogen-bond donors (Lipinski definition) is 1. The van der Waals surface area contributed by atoms with Gasteiger partial charge in [-0.3, -0.25) is 9.69 Å². The van der Waals surface area contributed by atoms with Crippen LogP contribution in [0.1, 0.15) is 0 Å². The lowest BCUT2D eigenvalue weighted by Gasteiger charge is -2.28. The topological polar surface area (TPSA) is 32.3 Å². The van der Waals surface area contributed by atoms with Crippen molar-refractivity contribution in [3.63, 3.8) is 0 Å². The second-order valence-electron chi connectivity index (χ2n) is 2.19. The van der Waals surface area contributed by atoms with E-state index in [2.05, 4.69) is 5.32 Å². The highest BCUT2D eigenvalue weighted by molar-refractivity contribution is 5.85. The molecule has 0 spiro atoms. The first kappa shape index (κ1) is 11.5. The summed E-state index contributed by atoms with van der Waals surface area (Å²) < 4.78 is 35.6. The summed E-state index contributed by atoms with van der Waals surface area (Å²) >= 11 is 0. The van der Waals surface area contributed by atoms with E-state index in [1.165, 1.54) is 0 Å². The summed E-state index contributed by atoms with van der Waals surface area (Å²) in [5, 5.41) is 2.55. The van der Waals surface area contributed by atoms with Crippen LogP contribution in [0.5, 0.6) is 0 Å². The maximum absolute atomic E-state index is 11.9. The third-order valence-corrected chi connectivity index (χ3v) is 1.40. The molecule has 0 aromatic rings. The lowest BCUT2D eigenvalue weighted by molar-refractivity contribution is -0.242. The van der Waals surface area contributed by atoms with E-state index in [0.29, 0.717) is 0 Å². The third-order valence-electron chi connectivity index (χ3n) is 1.40. The summed E-state index contributed by atoms with van der Waals surface area (Å²) in [6.45, 7) is -0.312. The van der Waals surface area contributed by atoms with Crippen molar-refractivity contribution < 1.29 is 18.0 Å². The molecule has 0 atom stereocenters. The molecule has 0 radical (unpaired) electrons. The van der Waals surface area contributed by atoms with Crippen LogP contribution in [0.15, 0.2) is 0 Å². The van der Waals surface area contributed by atoms with Gasteiger partial charge in [0.15, 0.2) is 0 Å². The minimum atomic E-state index is -4.51. The van der Waals surface area contributed by atoms with Crippen molar-refractivity contribution in [2.24, 2.45) is 0 Å². The van der Waals surface area contributed by atoms with Crippen molar-refractivity contribution in [2.45, 2.75) is 6.30 Å². The fourth-order valence-electron chi connectivity index (χ4n) is 0.874. The molecule has 1 amide bonds. The molecular formula is C5H8ClF3N2O. The zero-order valence-electron chi connectivity index (χ0n) is 6.02. The van der Waals surface area contributed by atoms with Gasteiger partial charge in [0.25, 0.3) is 0 Å². The number of halogens is 4. The highest BCUT2D eigenvalue weighted by Gasteiger charge is 2.41. The number of amides is 1. The molecule has 12 heavy (non-hydrogen) atoms. The molecule has 1 saturated heterocycles. The molecule has 72 valence electrons. The van der Waals surface area contributed by atoms with Gasteiger partial charge in [-0.2, -0.15) is 0 Å². The van der Waals surface area contributed by atoms with Crippen molar-refractivity contribution >= 4 is 18.3 Å². The number of nitrogens with zero attached hydrogens (tertiary/aromatic N) is 1. The van der Waals surface area contributed by atoms with Gasteiger partial charge in [0.2, 0.25) is 5.91 Å². The lowest BCUT2D eigenvalue weighted by Crippen LogP contribution is -2.54. The maximum Gasteiger partial charge on any atom is 0.487 e. The second kappa shape index (κ2) is 3.95. The monoisotopic (exact) mass is 204 g/mol. The van der Waals surface area contributed by atoms with Gasteiger partial charge in [0.05, 0.1) is 6.54 Å². The number of rotatable bonds is 0. The van der Waals surface area contributed by atoms with Gasteiger partial charge in [-0.15, -0.1) is 25.6 Å². The Kier molecular flexibility index (Phi) is 3.79. The maximum atomic E-state index is 11.9. The van der Waals surface area contributed by atoms with E-state index in [4.69, 9.17) is 0 Å². The van der Waals surface area contributed by atoms with Crippen LogP contribution in [-0.4, -0.2) is 36.7 Å². The molecule has 3 nitrogen and oxygen atoms in total. The Balaban J connectivity index is 0.00000121. The van der Waals surface area contributed by atoms with Crippen molar-refractivity contribution in [1.82, 2.24) is 10.2 Å². The molecule has 1 heterocycles. The van der Waals surface area contributed by atoms with Crippen LogP contribution in [0, 0.1) is 0 Å². The van der Waals surface area contributed by atoms with E-state index in [1.807, 2.05) is 0 Å². The van der Waals surface area contributed by atoms with Gasteiger partial charge < -0.3 is 5.32 Å².